The summed E-state index contributed by atoms with van der Waals surface area (Å²) in [7, 11) is -3.80. The minimum atomic E-state index is -3.61. The molecule has 0 heterocycles. The largest absolute Gasteiger partial charge is 0.397 e. The van der Waals surface area contributed by atoms with E-state index in [1.165, 1.54) is 31.9 Å². The number of anilines is 1. The summed E-state index contributed by atoms with van der Waals surface area (Å²) >= 11 is 1.23. The molecule has 0 atom stereocenters. The minimum Gasteiger partial charge on any atom is -0.397 e. The Kier molecular flexibility index (Phi) is 5.47. The zero-order valence-corrected chi connectivity index (χ0v) is 14.0. The van der Waals surface area contributed by atoms with Gasteiger partial charge in [0.05, 0.1) is 11.4 Å². The Morgan fingerprint density at radius 2 is 1.80 bits per heavy atom. The van der Waals surface area contributed by atoms with Crippen LogP contribution in [0.2, 0.25) is 0 Å². The van der Waals surface area contributed by atoms with Crippen LogP contribution < -0.4 is 5.73 Å². The molecule has 0 spiro atoms. The van der Waals surface area contributed by atoms with Gasteiger partial charge in [0.1, 0.15) is 14.7 Å². The van der Waals surface area contributed by atoms with E-state index in [0.717, 1.165) is 10.6 Å². The molecule has 114 valence electrons. The fourth-order valence-corrected chi connectivity index (χ4v) is 4.68. The summed E-state index contributed by atoms with van der Waals surface area (Å²) < 4.78 is 47.4. The summed E-state index contributed by atoms with van der Waals surface area (Å²) in [6.07, 6.45) is 1.16. The van der Waals surface area contributed by atoms with E-state index >= 15 is 0 Å². The van der Waals surface area contributed by atoms with E-state index in [4.69, 9.17) is 5.73 Å². The molecule has 0 aliphatic rings. The molecule has 0 aromatic heterocycles. The first-order valence-electron chi connectivity index (χ1n) is 5.67. The van der Waals surface area contributed by atoms with Gasteiger partial charge in [0.25, 0.3) is 0 Å². The van der Waals surface area contributed by atoms with Crippen LogP contribution >= 0.6 is 11.8 Å². The standard InChI is InChI=1S/C11H18N2O4S3/c1-13(2)20(16,17)10-6-4-5-9(11(10)12)18-7-8-19(3,14)15/h4-6H,7-8,12H2,1-3H3. The van der Waals surface area contributed by atoms with Gasteiger partial charge < -0.3 is 5.73 Å². The van der Waals surface area contributed by atoms with Crippen LogP contribution in [-0.2, 0) is 19.9 Å². The molecule has 0 saturated heterocycles. The van der Waals surface area contributed by atoms with Crippen LogP contribution in [0.15, 0.2) is 28.0 Å². The Hall–Kier alpha value is -0.770. The van der Waals surface area contributed by atoms with Crippen molar-refractivity contribution in [3.05, 3.63) is 18.2 Å². The van der Waals surface area contributed by atoms with Crippen molar-refractivity contribution < 1.29 is 16.8 Å². The normalized spacial score (nSPS) is 12.8. The highest BCUT2D eigenvalue weighted by Gasteiger charge is 2.21. The number of nitrogens with two attached hydrogens (primary N) is 1. The maximum atomic E-state index is 12.1. The van der Waals surface area contributed by atoms with Crippen molar-refractivity contribution in [1.29, 1.82) is 0 Å². The second-order valence-corrected chi connectivity index (χ2v) is 9.95. The lowest BCUT2D eigenvalue weighted by Crippen LogP contribution is -2.23. The predicted molar refractivity (Wildman–Crippen MR) is 82.2 cm³/mol. The third-order valence-corrected chi connectivity index (χ3v) is 6.65. The number of thioether (sulfide) groups is 1. The molecule has 0 aliphatic carbocycles. The molecule has 0 amide bonds. The molecule has 9 heteroatoms. The highest BCUT2D eigenvalue weighted by Crippen LogP contribution is 2.31. The van der Waals surface area contributed by atoms with E-state index in [0.29, 0.717) is 10.6 Å². The molecule has 20 heavy (non-hydrogen) atoms. The number of hydrogen-bond donors (Lipinski definition) is 1. The molecule has 0 fully saturated rings. The predicted octanol–water partition coefficient (Wildman–Crippen LogP) is 0.656. The number of rotatable bonds is 6. The lowest BCUT2D eigenvalue weighted by Gasteiger charge is -2.15. The van der Waals surface area contributed by atoms with Crippen LogP contribution in [0.25, 0.3) is 0 Å². The quantitative estimate of drug-likeness (QED) is 0.604. The SMILES string of the molecule is CN(C)S(=O)(=O)c1cccc(SCCS(C)(=O)=O)c1N. The van der Waals surface area contributed by atoms with Crippen molar-refractivity contribution in [1.82, 2.24) is 4.31 Å². The van der Waals surface area contributed by atoms with Gasteiger partial charge in [0, 0.05) is 31.0 Å². The van der Waals surface area contributed by atoms with Crippen LogP contribution in [0.5, 0.6) is 0 Å². The van der Waals surface area contributed by atoms with Crippen LogP contribution in [0.1, 0.15) is 0 Å². The van der Waals surface area contributed by atoms with E-state index in [1.807, 2.05) is 0 Å². The molecule has 0 unspecified atom stereocenters. The van der Waals surface area contributed by atoms with Crippen LogP contribution in [0, 0.1) is 0 Å². The highest BCUT2D eigenvalue weighted by atomic mass is 32.2. The molecule has 0 bridgehead atoms. The van der Waals surface area contributed by atoms with Gasteiger partial charge in [-0.25, -0.2) is 21.1 Å². The maximum absolute atomic E-state index is 12.1. The summed E-state index contributed by atoms with van der Waals surface area (Å²) in [4.78, 5) is 0.600. The molecule has 6 nitrogen and oxygen atoms in total. The second-order valence-electron chi connectivity index (χ2n) is 4.43. The summed E-state index contributed by atoms with van der Waals surface area (Å²) in [6.45, 7) is 0. The van der Waals surface area contributed by atoms with Gasteiger partial charge in [-0.2, -0.15) is 0 Å². The fraction of sp³-hybridized carbons (Fsp3) is 0.455. The van der Waals surface area contributed by atoms with Crippen molar-refractivity contribution in [3.8, 4) is 0 Å². The molecule has 2 N–H and O–H groups in total. The highest BCUT2D eigenvalue weighted by molar-refractivity contribution is 8.00. The summed E-state index contributed by atoms with van der Waals surface area (Å²) in [5.74, 6) is 0.344. The van der Waals surface area contributed by atoms with Crippen LogP contribution in [0.4, 0.5) is 5.69 Å². The van der Waals surface area contributed by atoms with Gasteiger partial charge in [-0.15, -0.1) is 11.8 Å². The number of para-hydroxylation sites is 1. The number of nitrogen functional groups attached to an aromatic ring is 1. The van der Waals surface area contributed by atoms with Gasteiger partial charge in [-0.05, 0) is 12.1 Å². The van der Waals surface area contributed by atoms with Crippen molar-refractivity contribution >= 4 is 37.3 Å². The van der Waals surface area contributed by atoms with E-state index in [1.54, 1.807) is 12.1 Å². The minimum absolute atomic E-state index is 0.0156. The third kappa shape index (κ3) is 4.37. The van der Waals surface area contributed by atoms with Crippen molar-refractivity contribution in [2.45, 2.75) is 9.79 Å². The molecule has 0 saturated carbocycles. The summed E-state index contributed by atoms with van der Waals surface area (Å²) in [5.41, 5.74) is 6.03. The van der Waals surface area contributed by atoms with Crippen LogP contribution in [-0.4, -0.2) is 53.0 Å². The fourth-order valence-electron chi connectivity index (χ4n) is 1.37. The van der Waals surface area contributed by atoms with Crippen molar-refractivity contribution in [2.24, 2.45) is 0 Å². The number of hydrogen-bond acceptors (Lipinski definition) is 6. The Morgan fingerprint density at radius 3 is 2.30 bits per heavy atom. The lowest BCUT2D eigenvalue weighted by molar-refractivity contribution is 0.521. The summed E-state index contributed by atoms with van der Waals surface area (Å²) in [6, 6.07) is 4.71. The van der Waals surface area contributed by atoms with Crippen molar-refractivity contribution in [2.75, 3.05) is 37.6 Å². The Labute approximate surface area is 124 Å². The first-order chi connectivity index (χ1) is 9.05. The van der Waals surface area contributed by atoms with Crippen molar-refractivity contribution in [3.63, 3.8) is 0 Å². The second kappa shape index (κ2) is 6.33. The smallest absolute Gasteiger partial charge is 0.244 e. The molecular formula is C11H18N2O4S3. The van der Waals surface area contributed by atoms with E-state index in [9.17, 15) is 16.8 Å². The Balaban J connectivity index is 3.03. The zero-order chi connectivity index (χ0) is 15.6. The lowest BCUT2D eigenvalue weighted by atomic mass is 10.3. The summed E-state index contributed by atoms with van der Waals surface area (Å²) in [5, 5.41) is 0. The molecule has 1 aromatic carbocycles. The van der Waals surface area contributed by atoms with Gasteiger partial charge in [0.2, 0.25) is 10.0 Å². The monoisotopic (exact) mass is 338 g/mol. The average molecular weight is 338 g/mol. The number of benzene rings is 1. The first kappa shape index (κ1) is 17.3. The zero-order valence-electron chi connectivity index (χ0n) is 11.5. The Bertz CT molecular complexity index is 682. The molecule has 0 aliphatic heterocycles. The third-order valence-electron chi connectivity index (χ3n) is 2.50. The van der Waals surface area contributed by atoms with Gasteiger partial charge in [-0.1, -0.05) is 6.07 Å². The number of nitrogens with zero attached hydrogens (tertiary/aromatic N) is 1. The van der Waals surface area contributed by atoms with Gasteiger partial charge in [-0.3, -0.25) is 0 Å². The van der Waals surface area contributed by atoms with E-state index < -0.39 is 19.9 Å². The topological polar surface area (TPSA) is 97.5 Å². The van der Waals surface area contributed by atoms with E-state index in [-0.39, 0.29) is 16.3 Å². The van der Waals surface area contributed by atoms with E-state index in [2.05, 4.69) is 0 Å². The maximum Gasteiger partial charge on any atom is 0.244 e. The molecular weight excluding hydrogens is 320 g/mol. The number of sulfone groups is 1. The molecule has 1 rings (SSSR count). The molecule has 1 aromatic rings. The van der Waals surface area contributed by atoms with Crippen LogP contribution in [0.3, 0.4) is 0 Å². The van der Waals surface area contributed by atoms with Gasteiger partial charge >= 0.3 is 0 Å². The molecule has 0 radical (unpaired) electrons. The average Bonchev–Trinajstić information content (AvgIpc) is 2.29. The van der Waals surface area contributed by atoms with Gasteiger partial charge in [0.15, 0.2) is 0 Å². The Morgan fingerprint density at radius 1 is 1.20 bits per heavy atom. The first-order valence-corrected chi connectivity index (χ1v) is 10.2. The number of sulfonamides is 1.